The molecule has 0 spiro atoms. The van der Waals surface area contributed by atoms with E-state index in [9.17, 15) is 9.90 Å². The molecule has 0 atom stereocenters. The number of anilines is 3. The highest BCUT2D eigenvalue weighted by Gasteiger charge is 2.15. The lowest BCUT2D eigenvalue weighted by atomic mass is 10.2. The van der Waals surface area contributed by atoms with E-state index in [-0.39, 0.29) is 17.1 Å². The average Bonchev–Trinajstić information content (AvgIpc) is 2.44. The fourth-order valence-electron chi connectivity index (χ4n) is 1.80. The van der Waals surface area contributed by atoms with Crippen molar-refractivity contribution in [1.82, 2.24) is 4.98 Å². The number of ether oxygens (including phenoxy) is 1. The van der Waals surface area contributed by atoms with Crippen molar-refractivity contribution in [2.45, 2.75) is 6.92 Å². The number of halogens is 1. The molecular weight excluding hydrogens is 294 g/mol. The number of aromatic nitrogens is 1. The first-order valence-corrected chi connectivity index (χ1v) is 6.40. The van der Waals surface area contributed by atoms with Crippen LogP contribution in [0.4, 0.5) is 17.2 Å². The molecule has 0 radical (unpaired) electrons. The normalized spacial score (nSPS) is 10.2. The lowest BCUT2D eigenvalue weighted by Gasteiger charge is -2.14. The zero-order valence-corrected chi connectivity index (χ0v) is 12.2. The predicted octanol–water partition coefficient (Wildman–Crippen LogP) is 3.08. The third-order valence-electron chi connectivity index (χ3n) is 2.87. The number of nitrogens with zero attached hydrogens (tertiary/aromatic N) is 1. The molecule has 0 bridgehead atoms. The molecule has 0 saturated carbocycles. The van der Waals surface area contributed by atoms with E-state index in [2.05, 4.69) is 10.3 Å². The molecule has 2 aromatic rings. The lowest BCUT2D eigenvalue weighted by Crippen LogP contribution is -2.07. The number of hydrogen-bond donors (Lipinski definition) is 3. The van der Waals surface area contributed by atoms with Gasteiger partial charge in [-0.25, -0.2) is 9.78 Å². The second kappa shape index (κ2) is 5.88. The van der Waals surface area contributed by atoms with Gasteiger partial charge >= 0.3 is 5.97 Å². The minimum Gasteiger partial charge on any atom is -0.495 e. The molecule has 21 heavy (non-hydrogen) atoms. The summed E-state index contributed by atoms with van der Waals surface area (Å²) in [5, 5.41) is 12.7. The Kier molecular flexibility index (Phi) is 4.18. The molecule has 110 valence electrons. The van der Waals surface area contributed by atoms with Gasteiger partial charge in [-0.05, 0) is 24.6 Å². The third kappa shape index (κ3) is 3.17. The summed E-state index contributed by atoms with van der Waals surface area (Å²) in [5.41, 5.74) is 7.21. The van der Waals surface area contributed by atoms with E-state index in [0.717, 1.165) is 5.56 Å². The van der Waals surface area contributed by atoms with E-state index in [4.69, 9.17) is 22.1 Å². The molecule has 0 amide bonds. The van der Waals surface area contributed by atoms with Crippen LogP contribution in [-0.2, 0) is 0 Å². The van der Waals surface area contributed by atoms with Gasteiger partial charge in [-0.15, -0.1) is 0 Å². The summed E-state index contributed by atoms with van der Waals surface area (Å²) in [6.07, 6.45) is 1.38. The third-order valence-corrected chi connectivity index (χ3v) is 3.28. The Morgan fingerprint density at radius 3 is 2.76 bits per heavy atom. The van der Waals surface area contributed by atoms with Gasteiger partial charge < -0.3 is 20.9 Å². The number of rotatable bonds is 4. The number of benzene rings is 1. The number of nitrogens with two attached hydrogens (primary N) is 1. The maximum Gasteiger partial charge on any atom is 0.339 e. The van der Waals surface area contributed by atoms with Crippen LogP contribution in [0, 0.1) is 6.92 Å². The Morgan fingerprint density at radius 2 is 2.14 bits per heavy atom. The average molecular weight is 308 g/mol. The minimum atomic E-state index is -1.12. The lowest BCUT2D eigenvalue weighted by molar-refractivity contribution is 0.0697. The molecule has 0 aliphatic heterocycles. The highest BCUT2D eigenvalue weighted by atomic mass is 35.5. The molecule has 1 aromatic heterocycles. The Labute approximate surface area is 126 Å². The molecule has 0 saturated heterocycles. The van der Waals surface area contributed by atoms with Crippen molar-refractivity contribution in [3.63, 3.8) is 0 Å². The van der Waals surface area contributed by atoms with Crippen molar-refractivity contribution < 1.29 is 14.6 Å². The number of hydrogen-bond acceptors (Lipinski definition) is 5. The maximum absolute atomic E-state index is 11.3. The summed E-state index contributed by atoms with van der Waals surface area (Å²) >= 11 is 6.04. The van der Waals surface area contributed by atoms with Gasteiger partial charge in [0, 0.05) is 11.1 Å². The molecule has 1 heterocycles. The van der Waals surface area contributed by atoms with Gasteiger partial charge in [-0.3, -0.25) is 0 Å². The van der Waals surface area contributed by atoms with Gasteiger partial charge in [0.2, 0.25) is 0 Å². The fraction of sp³-hybridized carbons (Fsp3) is 0.143. The molecule has 2 rings (SSSR count). The smallest absolute Gasteiger partial charge is 0.339 e. The molecule has 0 fully saturated rings. The topological polar surface area (TPSA) is 97.5 Å². The van der Waals surface area contributed by atoms with Crippen LogP contribution in [0.2, 0.25) is 5.02 Å². The van der Waals surface area contributed by atoms with Crippen molar-refractivity contribution in [3.05, 3.63) is 40.5 Å². The summed E-state index contributed by atoms with van der Waals surface area (Å²) in [7, 11) is 1.50. The number of aromatic carboxylic acids is 1. The van der Waals surface area contributed by atoms with Gasteiger partial charge in [0.25, 0.3) is 0 Å². The Bertz CT molecular complexity index is 704. The zero-order valence-electron chi connectivity index (χ0n) is 11.5. The molecule has 7 heteroatoms. The van der Waals surface area contributed by atoms with Gasteiger partial charge in [0.1, 0.15) is 17.1 Å². The second-order valence-electron chi connectivity index (χ2n) is 4.40. The molecule has 0 unspecified atom stereocenters. The van der Waals surface area contributed by atoms with Crippen LogP contribution in [0.25, 0.3) is 0 Å². The minimum absolute atomic E-state index is 0.0235. The van der Waals surface area contributed by atoms with Crippen molar-refractivity contribution in [3.8, 4) is 5.75 Å². The van der Waals surface area contributed by atoms with E-state index < -0.39 is 5.97 Å². The van der Waals surface area contributed by atoms with Crippen LogP contribution in [0.15, 0.2) is 24.4 Å². The van der Waals surface area contributed by atoms with Crippen LogP contribution in [0.3, 0.4) is 0 Å². The summed E-state index contributed by atoms with van der Waals surface area (Å²) in [6, 6.07) is 4.74. The molecule has 1 aromatic carbocycles. The monoisotopic (exact) mass is 307 g/mol. The quantitative estimate of drug-likeness (QED) is 0.803. The van der Waals surface area contributed by atoms with E-state index in [0.29, 0.717) is 16.5 Å². The van der Waals surface area contributed by atoms with Crippen LogP contribution in [0.5, 0.6) is 5.75 Å². The Balaban J connectivity index is 2.47. The van der Waals surface area contributed by atoms with Crippen molar-refractivity contribution in [2.24, 2.45) is 0 Å². The fourth-order valence-corrected chi connectivity index (χ4v) is 1.95. The number of carbonyl (C=O) groups is 1. The first-order valence-electron chi connectivity index (χ1n) is 6.02. The van der Waals surface area contributed by atoms with Crippen LogP contribution < -0.4 is 15.8 Å². The van der Waals surface area contributed by atoms with E-state index in [1.807, 2.05) is 6.92 Å². The van der Waals surface area contributed by atoms with Crippen molar-refractivity contribution >= 4 is 34.8 Å². The second-order valence-corrected chi connectivity index (χ2v) is 4.80. The molecule has 6 nitrogen and oxygen atoms in total. The largest absolute Gasteiger partial charge is 0.495 e. The SMILES string of the molecule is COc1cc(Cl)c(C)cc1Nc1ncc(N)cc1C(=O)O. The van der Waals surface area contributed by atoms with Gasteiger partial charge in [-0.2, -0.15) is 0 Å². The van der Waals surface area contributed by atoms with Crippen molar-refractivity contribution in [2.75, 3.05) is 18.2 Å². The van der Waals surface area contributed by atoms with E-state index in [1.54, 1.807) is 12.1 Å². The highest BCUT2D eigenvalue weighted by molar-refractivity contribution is 6.31. The summed E-state index contributed by atoms with van der Waals surface area (Å²) < 4.78 is 5.23. The first-order chi connectivity index (χ1) is 9.92. The number of carboxylic acid groups (broad SMARTS) is 1. The number of methoxy groups -OCH3 is 1. The number of nitrogen functional groups attached to an aromatic ring is 1. The van der Waals surface area contributed by atoms with Crippen LogP contribution in [0.1, 0.15) is 15.9 Å². The van der Waals surface area contributed by atoms with Gasteiger partial charge in [0.05, 0.1) is 24.7 Å². The Hall–Kier alpha value is -2.47. The first kappa shape index (κ1) is 14.9. The number of pyridine rings is 1. The molecule has 0 aliphatic carbocycles. The van der Waals surface area contributed by atoms with Gasteiger partial charge in [-0.1, -0.05) is 11.6 Å². The summed E-state index contributed by atoms with van der Waals surface area (Å²) in [4.78, 5) is 15.3. The standard InChI is InChI=1S/C14H14ClN3O3/c1-7-3-11(12(21-2)5-10(7)15)18-13-9(14(19)20)4-8(16)6-17-13/h3-6H,16H2,1-2H3,(H,17,18)(H,19,20). The van der Waals surface area contributed by atoms with E-state index in [1.165, 1.54) is 19.4 Å². The molecular formula is C14H14ClN3O3. The van der Waals surface area contributed by atoms with Crippen LogP contribution in [-0.4, -0.2) is 23.2 Å². The summed E-state index contributed by atoms with van der Waals surface area (Å²) in [5.74, 6) is -0.459. The number of nitrogens with one attached hydrogen (secondary N) is 1. The number of aryl methyl sites for hydroxylation is 1. The molecule has 4 N–H and O–H groups in total. The van der Waals surface area contributed by atoms with Crippen LogP contribution >= 0.6 is 11.6 Å². The Morgan fingerprint density at radius 1 is 1.43 bits per heavy atom. The van der Waals surface area contributed by atoms with E-state index >= 15 is 0 Å². The zero-order chi connectivity index (χ0) is 15.6. The summed E-state index contributed by atoms with van der Waals surface area (Å²) in [6.45, 7) is 1.83. The van der Waals surface area contributed by atoms with Crippen molar-refractivity contribution in [1.29, 1.82) is 0 Å². The highest BCUT2D eigenvalue weighted by Crippen LogP contribution is 2.33. The predicted molar refractivity (Wildman–Crippen MR) is 81.6 cm³/mol. The van der Waals surface area contributed by atoms with Gasteiger partial charge in [0.15, 0.2) is 0 Å². The molecule has 0 aliphatic rings. The number of carboxylic acids is 1. The maximum atomic E-state index is 11.3.